The van der Waals surface area contributed by atoms with E-state index in [0.717, 1.165) is 0 Å². The summed E-state index contributed by atoms with van der Waals surface area (Å²) >= 11 is 0. The first-order valence-electron chi connectivity index (χ1n) is 4.00. The Morgan fingerprint density at radius 2 is 1.71 bits per heavy atom. The van der Waals surface area contributed by atoms with Gasteiger partial charge in [-0.1, -0.05) is 12.1 Å². The van der Waals surface area contributed by atoms with Crippen molar-refractivity contribution in [1.82, 2.24) is 0 Å². The highest BCUT2D eigenvalue weighted by atomic mass is 19.4. The van der Waals surface area contributed by atoms with E-state index in [1.54, 1.807) is 0 Å². The molecule has 0 amide bonds. The molecule has 0 heterocycles. The molecule has 0 saturated heterocycles. The monoisotopic (exact) mass is 205 g/mol. The minimum atomic E-state index is -4.27. The third-order valence-electron chi connectivity index (χ3n) is 1.77. The van der Waals surface area contributed by atoms with Crippen molar-refractivity contribution in [3.05, 3.63) is 29.8 Å². The summed E-state index contributed by atoms with van der Waals surface area (Å²) in [5, 5.41) is 8.91. The van der Waals surface area contributed by atoms with Crippen LogP contribution in [0, 0.1) is 0 Å². The van der Waals surface area contributed by atoms with Crippen LogP contribution in [0.1, 0.15) is 18.0 Å². The summed E-state index contributed by atoms with van der Waals surface area (Å²) in [6.07, 6.45) is -5.32. The third kappa shape index (κ3) is 3.26. The average molecular weight is 205 g/mol. The minimum absolute atomic E-state index is 0.00737. The molecule has 78 valence electrons. The van der Waals surface area contributed by atoms with Crippen LogP contribution in [0.3, 0.4) is 0 Å². The molecule has 1 aromatic rings. The zero-order valence-corrected chi connectivity index (χ0v) is 7.25. The van der Waals surface area contributed by atoms with E-state index in [4.69, 9.17) is 10.8 Å². The van der Waals surface area contributed by atoms with Crippen LogP contribution in [0.2, 0.25) is 0 Å². The highest BCUT2D eigenvalue weighted by Gasteiger charge is 2.30. The highest BCUT2D eigenvalue weighted by Crippen LogP contribution is 2.28. The molecule has 1 atom stereocenters. The maximum absolute atomic E-state index is 11.9. The Balaban J connectivity index is 2.70. The van der Waals surface area contributed by atoms with Gasteiger partial charge in [-0.05, 0) is 17.7 Å². The Bertz CT molecular complexity index is 294. The van der Waals surface area contributed by atoms with Gasteiger partial charge < -0.3 is 10.8 Å². The van der Waals surface area contributed by atoms with E-state index in [1.807, 2.05) is 0 Å². The van der Waals surface area contributed by atoms with E-state index in [9.17, 15) is 13.2 Å². The molecule has 0 aliphatic heterocycles. The van der Waals surface area contributed by atoms with Crippen molar-refractivity contribution in [2.45, 2.75) is 18.6 Å². The van der Waals surface area contributed by atoms with Crippen LogP contribution in [-0.4, -0.2) is 11.3 Å². The molecular formula is C9H10F3NO. The maximum atomic E-state index is 11.9. The van der Waals surface area contributed by atoms with Gasteiger partial charge in [-0.2, -0.15) is 13.2 Å². The van der Waals surface area contributed by atoms with E-state index < -0.39 is 18.6 Å². The van der Waals surface area contributed by atoms with E-state index in [-0.39, 0.29) is 5.75 Å². The summed E-state index contributed by atoms with van der Waals surface area (Å²) in [5.41, 5.74) is 5.69. The molecule has 14 heavy (non-hydrogen) atoms. The molecule has 2 nitrogen and oxygen atoms in total. The number of rotatable bonds is 2. The maximum Gasteiger partial charge on any atom is 0.390 e. The predicted octanol–water partition coefficient (Wildman–Crippen LogP) is 2.34. The van der Waals surface area contributed by atoms with Crippen LogP contribution in [0.15, 0.2) is 24.3 Å². The molecule has 0 aliphatic carbocycles. The van der Waals surface area contributed by atoms with Gasteiger partial charge in [-0.25, -0.2) is 0 Å². The first-order chi connectivity index (χ1) is 6.38. The summed E-state index contributed by atoms with van der Waals surface area (Å²) in [5.74, 6) is 0.00737. The van der Waals surface area contributed by atoms with Crippen LogP contribution in [0.5, 0.6) is 5.75 Å². The molecule has 0 aromatic heterocycles. The Morgan fingerprint density at radius 3 is 2.14 bits per heavy atom. The van der Waals surface area contributed by atoms with Gasteiger partial charge in [0.25, 0.3) is 0 Å². The number of phenolic OH excluding ortho intramolecular Hbond substituents is 1. The molecule has 1 aromatic carbocycles. The van der Waals surface area contributed by atoms with Crippen LogP contribution in [-0.2, 0) is 0 Å². The lowest BCUT2D eigenvalue weighted by atomic mass is 10.0. The standard InChI is InChI=1S/C9H10F3NO/c10-9(11,12)5-8(13)6-1-3-7(14)4-2-6/h1-4,8,14H,5,13H2. The zero-order chi connectivity index (χ0) is 10.8. The summed E-state index contributed by atoms with van der Waals surface area (Å²) in [6, 6.07) is 4.31. The first kappa shape index (κ1) is 10.8. The highest BCUT2D eigenvalue weighted by molar-refractivity contribution is 5.27. The Hall–Kier alpha value is -1.23. The fraction of sp³-hybridized carbons (Fsp3) is 0.333. The van der Waals surface area contributed by atoms with Gasteiger partial charge in [-0.15, -0.1) is 0 Å². The SMILES string of the molecule is NC(CC(F)(F)F)c1ccc(O)cc1. The number of aromatic hydroxyl groups is 1. The molecular weight excluding hydrogens is 195 g/mol. The molecule has 3 N–H and O–H groups in total. The van der Waals surface area contributed by atoms with Crippen molar-refractivity contribution < 1.29 is 18.3 Å². The minimum Gasteiger partial charge on any atom is -0.508 e. The molecule has 0 spiro atoms. The predicted molar refractivity (Wildman–Crippen MR) is 45.7 cm³/mol. The van der Waals surface area contributed by atoms with E-state index >= 15 is 0 Å². The molecule has 0 aliphatic rings. The second-order valence-electron chi connectivity index (χ2n) is 3.02. The molecule has 0 bridgehead atoms. The van der Waals surface area contributed by atoms with Crippen molar-refractivity contribution in [2.24, 2.45) is 5.73 Å². The number of phenols is 1. The Labute approximate surface area is 79.2 Å². The molecule has 0 radical (unpaired) electrons. The molecule has 1 rings (SSSR count). The summed E-state index contributed by atoms with van der Waals surface area (Å²) in [4.78, 5) is 0. The van der Waals surface area contributed by atoms with Crippen molar-refractivity contribution in [1.29, 1.82) is 0 Å². The van der Waals surface area contributed by atoms with Gasteiger partial charge >= 0.3 is 6.18 Å². The van der Waals surface area contributed by atoms with Crippen molar-refractivity contribution in [3.63, 3.8) is 0 Å². The van der Waals surface area contributed by atoms with E-state index in [0.29, 0.717) is 5.56 Å². The third-order valence-corrected chi connectivity index (χ3v) is 1.77. The number of hydrogen-bond donors (Lipinski definition) is 2. The second-order valence-corrected chi connectivity index (χ2v) is 3.02. The average Bonchev–Trinajstić information content (AvgIpc) is 2.02. The summed E-state index contributed by atoms with van der Waals surface area (Å²) < 4.78 is 35.8. The van der Waals surface area contributed by atoms with Gasteiger partial charge in [0.1, 0.15) is 5.75 Å². The molecule has 5 heteroatoms. The fourth-order valence-electron chi connectivity index (χ4n) is 1.09. The lowest BCUT2D eigenvalue weighted by molar-refractivity contribution is -0.138. The first-order valence-corrected chi connectivity index (χ1v) is 4.00. The van der Waals surface area contributed by atoms with Gasteiger partial charge in [0.2, 0.25) is 0 Å². The molecule has 0 saturated carbocycles. The Kier molecular flexibility index (Phi) is 3.00. The lowest BCUT2D eigenvalue weighted by Crippen LogP contribution is -2.20. The fourth-order valence-corrected chi connectivity index (χ4v) is 1.09. The largest absolute Gasteiger partial charge is 0.508 e. The van der Waals surface area contributed by atoms with Crippen LogP contribution in [0.4, 0.5) is 13.2 Å². The van der Waals surface area contributed by atoms with E-state index in [2.05, 4.69) is 0 Å². The number of nitrogens with two attached hydrogens (primary N) is 1. The van der Waals surface area contributed by atoms with Crippen molar-refractivity contribution in [2.75, 3.05) is 0 Å². The van der Waals surface area contributed by atoms with Crippen molar-refractivity contribution in [3.8, 4) is 5.75 Å². The molecule has 1 unspecified atom stereocenters. The van der Waals surface area contributed by atoms with E-state index in [1.165, 1.54) is 24.3 Å². The topological polar surface area (TPSA) is 46.2 Å². The smallest absolute Gasteiger partial charge is 0.390 e. The van der Waals surface area contributed by atoms with Crippen molar-refractivity contribution >= 4 is 0 Å². The van der Waals surface area contributed by atoms with Crippen LogP contribution in [0.25, 0.3) is 0 Å². The normalized spacial score (nSPS) is 14.0. The van der Waals surface area contributed by atoms with Gasteiger partial charge in [0, 0.05) is 6.04 Å². The lowest BCUT2D eigenvalue weighted by Gasteiger charge is -2.14. The number of hydrogen-bond acceptors (Lipinski definition) is 2. The van der Waals surface area contributed by atoms with Gasteiger partial charge in [0.05, 0.1) is 6.42 Å². The molecule has 0 fully saturated rings. The quantitative estimate of drug-likeness (QED) is 0.778. The van der Waals surface area contributed by atoms with Crippen LogP contribution < -0.4 is 5.73 Å². The second kappa shape index (κ2) is 3.88. The number of benzene rings is 1. The number of halogens is 3. The van der Waals surface area contributed by atoms with Crippen LogP contribution >= 0.6 is 0 Å². The van der Waals surface area contributed by atoms with Gasteiger partial charge in [0.15, 0.2) is 0 Å². The zero-order valence-electron chi connectivity index (χ0n) is 7.25. The van der Waals surface area contributed by atoms with Gasteiger partial charge in [-0.3, -0.25) is 0 Å². The summed E-state index contributed by atoms with van der Waals surface area (Å²) in [7, 11) is 0. The Morgan fingerprint density at radius 1 is 1.21 bits per heavy atom. The number of alkyl halides is 3. The summed E-state index contributed by atoms with van der Waals surface area (Å²) in [6.45, 7) is 0.